The Morgan fingerprint density at radius 2 is 1.38 bits per heavy atom. The topological polar surface area (TPSA) is 43.4 Å². The molecule has 1 radical (unpaired) electrons. The van der Waals surface area contributed by atoms with Gasteiger partial charge >= 0.3 is 11.9 Å². The van der Waals surface area contributed by atoms with Gasteiger partial charge in [-0.1, -0.05) is 0 Å². The van der Waals surface area contributed by atoms with Crippen molar-refractivity contribution in [2.24, 2.45) is 0 Å². The van der Waals surface area contributed by atoms with Gasteiger partial charge in [0.25, 0.3) is 0 Å². The molecule has 0 aliphatic rings. The standard InChI is InChI=1S/C4H6O3.Ag/c1-3(5)7-4(2)6;/h1-2H3;. The van der Waals surface area contributed by atoms with Crippen LogP contribution in [0, 0.1) is 0 Å². The second-order valence-electron chi connectivity index (χ2n) is 1.09. The molecule has 0 heterocycles. The Hall–Kier alpha value is -0.120. The SMILES string of the molecule is CC(=O)OC(C)=O.[Ag]. The van der Waals surface area contributed by atoms with Gasteiger partial charge in [-0.15, -0.1) is 0 Å². The van der Waals surface area contributed by atoms with Crippen LogP contribution in [0.3, 0.4) is 0 Å². The van der Waals surface area contributed by atoms with E-state index in [1.54, 1.807) is 0 Å². The van der Waals surface area contributed by atoms with Crippen LogP contribution in [0.4, 0.5) is 0 Å². The molecule has 0 bridgehead atoms. The maximum Gasteiger partial charge on any atom is 0.310 e. The molecule has 0 rings (SSSR count). The summed E-state index contributed by atoms with van der Waals surface area (Å²) in [5, 5.41) is 0. The third-order valence-corrected chi connectivity index (χ3v) is 0.287. The fourth-order valence-corrected chi connectivity index (χ4v) is 0.202. The van der Waals surface area contributed by atoms with E-state index in [2.05, 4.69) is 4.74 Å². The van der Waals surface area contributed by atoms with Gasteiger partial charge in [0.1, 0.15) is 0 Å². The van der Waals surface area contributed by atoms with Crippen LogP contribution < -0.4 is 0 Å². The summed E-state index contributed by atoms with van der Waals surface area (Å²) >= 11 is 0. The molecule has 0 aromatic rings. The molecule has 0 spiro atoms. The zero-order valence-corrected chi connectivity index (χ0v) is 6.01. The molecule has 0 aliphatic carbocycles. The minimum atomic E-state index is -0.562. The van der Waals surface area contributed by atoms with E-state index < -0.39 is 11.9 Å². The second-order valence-corrected chi connectivity index (χ2v) is 1.09. The molecule has 0 saturated carbocycles. The summed E-state index contributed by atoms with van der Waals surface area (Å²) in [5.41, 5.74) is 0. The van der Waals surface area contributed by atoms with E-state index in [1.165, 1.54) is 13.8 Å². The van der Waals surface area contributed by atoms with Gasteiger partial charge in [-0.3, -0.25) is 9.59 Å². The van der Waals surface area contributed by atoms with E-state index >= 15 is 0 Å². The second kappa shape index (κ2) is 5.03. The van der Waals surface area contributed by atoms with E-state index in [0.29, 0.717) is 0 Å². The first-order valence-electron chi connectivity index (χ1n) is 1.82. The fourth-order valence-electron chi connectivity index (χ4n) is 0.202. The molecule has 8 heavy (non-hydrogen) atoms. The number of carbonyl (C=O) groups excluding carboxylic acids is 2. The monoisotopic (exact) mass is 209 g/mol. The van der Waals surface area contributed by atoms with Crippen LogP contribution in [0.25, 0.3) is 0 Å². The fraction of sp³-hybridized carbons (Fsp3) is 0.500. The molecule has 0 atom stereocenters. The Morgan fingerprint density at radius 3 is 1.38 bits per heavy atom. The van der Waals surface area contributed by atoms with Gasteiger partial charge in [0.15, 0.2) is 0 Å². The molecule has 0 saturated heterocycles. The first kappa shape index (κ1) is 10.8. The van der Waals surface area contributed by atoms with Crippen molar-refractivity contribution >= 4 is 11.9 Å². The van der Waals surface area contributed by atoms with Gasteiger partial charge in [-0.25, -0.2) is 0 Å². The Kier molecular flexibility index (Phi) is 6.78. The zero-order valence-electron chi connectivity index (χ0n) is 4.53. The molecule has 0 aromatic carbocycles. The summed E-state index contributed by atoms with van der Waals surface area (Å²) in [6.45, 7) is 2.36. The molecule has 4 heteroatoms. The van der Waals surface area contributed by atoms with E-state index in [1.807, 2.05) is 0 Å². The average molecular weight is 210 g/mol. The Balaban J connectivity index is 0. The summed E-state index contributed by atoms with van der Waals surface area (Å²) in [6, 6.07) is 0. The van der Waals surface area contributed by atoms with Gasteiger partial charge in [-0.2, -0.15) is 0 Å². The predicted octanol–water partition coefficient (Wildman–Crippen LogP) is 0.0935. The van der Waals surface area contributed by atoms with Crippen molar-refractivity contribution in [2.45, 2.75) is 13.8 Å². The molecular weight excluding hydrogens is 204 g/mol. The van der Waals surface area contributed by atoms with Crippen LogP contribution in [0.15, 0.2) is 0 Å². The number of ether oxygens (including phenoxy) is 1. The van der Waals surface area contributed by atoms with Crippen molar-refractivity contribution in [3.8, 4) is 0 Å². The normalized spacial score (nSPS) is 6.75. The third-order valence-electron chi connectivity index (χ3n) is 0.287. The van der Waals surface area contributed by atoms with Crippen molar-refractivity contribution in [1.82, 2.24) is 0 Å². The maximum absolute atomic E-state index is 9.81. The van der Waals surface area contributed by atoms with Crippen LogP contribution in [0.1, 0.15) is 13.8 Å². The Labute approximate surface area is 62.9 Å². The van der Waals surface area contributed by atoms with Crippen LogP contribution >= 0.6 is 0 Å². The van der Waals surface area contributed by atoms with Gasteiger partial charge in [0.2, 0.25) is 0 Å². The first-order valence-corrected chi connectivity index (χ1v) is 1.82. The molecule has 0 unspecified atom stereocenters. The molecule has 0 aliphatic heterocycles. The largest absolute Gasteiger partial charge is 0.394 e. The number of hydrogen-bond acceptors (Lipinski definition) is 3. The number of rotatable bonds is 0. The molecule has 0 aromatic heterocycles. The molecule has 51 valence electrons. The van der Waals surface area contributed by atoms with Crippen LogP contribution in [-0.2, 0) is 36.7 Å². The minimum Gasteiger partial charge on any atom is -0.394 e. The summed E-state index contributed by atoms with van der Waals surface area (Å²) in [6.07, 6.45) is 0. The van der Waals surface area contributed by atoms with Gasteiger partial charge in [0.05, 0.1) is 0 Å². The number of hydrogen-bond donors (Lipinski definition) is 0. The molecule has 0 fully saturated rings. The van der Waals surface area contributed by atoms with E-state index in [4.69, 9.17) is 0 Å². The molecule has 0 amide bonds. The summed E-state index contributed by atoms with van der Waals surface area (Å²) in [7, 11) is 0. The zero-order chi connectivity index (χ0) is 5.86. The predicted molar refractivity (Wildman–Crippen MR) is 22.4 cm³/mol. The Morgan fingerprint density at radius 1 is 1.12 bits per heavy atom. The van der Waals surface area contributed by atoms with E-state index in [-0.39, 0.29) is 22.4 Å². The van der Waals surface area contributed by atoms with E-state index in [0.717, 1.165) is 0 Å². The van der Waals surface area contributed by atoms with Crippen LogP contribution in [-0.4, -0.2) is 11.9 Å². The van der Waals surface area contributed by atoms with Gasteiger partial charge < -0.3 is 4.74 Å². The van der Waals surface area contributed by atoms with Gasteiger partial charge in [-0.05, 0) is 0 Å². The summed E-state index contributed by atoms with van der Waals surface area (Å²) in [5.74, 6) is -1.12. The quantitative estimate of drug-likeness (QED) is 0.323. The molecule has 0 N–H and O–H groups in total. The van der Waals surface area contributed by atoms with Crippen molar-refractivity contribution < 1.29 is 36.7 Å². The van der Waals surface area contributed by atoms with Crippen LogP contribution in [0.2, 0.25) is 0 Å². The van der Waals surface area contributed by atoms with Crippen molar-refractivity contribution in [1.29, 1.82) is 0 Å². The Bertz CT molecular complexity index is 87.5. The van der Waals surface area contributed by atoms with Crippen molar-refractivity contribution in [3.05, 3.63) is 0 Å². The third kappa shape index (κ3) is 9.30. The first-order chi connectivity index (χ1) is 3.13. The number of esters is 2. The number of carbonyl (C=O) groups is 2. The summed E-state index contributed by atoms with van der Waals surface area (Å²) < 4.78 is 3.97. The smallest absolute Gasteiger partial charge is 0.310 e. The maximum atomic E-state index is 9.81. The van der Waals surface area contributed by atoms with Crippen molar-refractivity contribution in [2.75, 3.05) is 0 Å². The van der Waals surface area contributed by atoms with E-state index in [9.17, 15) is 9.59 Å². The summed E-state index contributed by atoms with van der Waals surface area (Å²) in [4.78, 5) is 19.6. The van der Waals surface area contributed by atoms with Crippen molar-refractivity contribution in [3.63, 3.8) is 0 Å². The average Bonchev–Trinajstić information content (AvgIpc) is 1.27. The molecule has 3 nitrogen and oxygen atoms in total. The van der Waals surface area contributed by atoms with Crippen LogP contribution in [0.5, 0.6) is 0 Å². The molecular formula is C4H6AgO3. The van der Waals surface area contributed by atoms with Gasteiger partial charge in [0, 0.05) is 36.2 Å². The minimum absolute atomic E-state index is 0.